The van der Waals surface area contributed by atoms with Crippen LogP contribution in [0, 0.1) is 0 Å². The van der Waals surface area contributed by atoms with Crippen LogP contribution in [0.2, 0.25) is 0 Å². The van der Waals surface area contributed by atoms with Gasteiger partial charge in [-0.1, -0.05) is 0 Å². The van der Waals surface area contributed by atoms with E-state index in [1.54, 1.807) is 12.1 Å². The van der Waals surface area contributed by atoms with Gasteiger partial charge in [0, 0.05) is 0 Å². The van der Waals surface area contributed by atoms with Crippen LogP contribution in [0.1, 0.15) is 11.1 Å². The molecule has 0 aliphatic heterocycles. The van der Waals surface area contributed by atoms with Crippen molar-refractivity contribution in [3.63, 3.8) is 0 Å². The van der Waals surface area contributed by atoms with Crippen LogP contribution in [0.25, 0.3) is 0 Å². The Labute approximate surface area is 187 Å². The molecule has 0 saturated heterocycles. The van der Waals surface area contributed by atoms with Gasteiger partial charge in [0.2, 0.25) is 0 Å². The predicted molar refractivity (Wildman–Crippen MR) is 127 cm³/mol. The first-order valence-electron chi connectivity index (χ1n) is 9.97. The number of benzene rings is 4. The zero-order valence-electron chi connectivity index (χ0n) is 16.7. The van der Waals surface area contributed by atoms with Gasteiger partial charge in [0.25, 0.3) is 0 Å². The number of hydrogen-bond acceptors (Lipinski definition) is 1. The molecule has 0 nitrogen and oxygen atoms in total. The Morgan fingerprint density at radius 3 is 1.29 bits per heavy atom. The molecule has 0 amide bonds. The molecule has 156 valence electrons. The van der Waals surface area contributed by atoms with Crippen molar-refractivity contribution < 1.29 is 13.2 Å². The van der Waals surface area contributed by atoms with Crippen LogP contribution in [0.3, 0.4) is 0 Å². The summed E-state index contributed by atoms with van der Waals surface area (Å²) in [6, 6.07) is 37.3. The normalized spacial score (nSPS) is 12.0. The Morgan fingerprint density at radius 2 is 0.935 bits per heavy atom. The average Bonchev–Trinajstić information content (AvgIpc) is 2.81. The molecule has 0 atom stereocenters. The van der Waals surface area contributed by atoms with Gasteiger partial charge in [0.15, 0.2) is 0 Å². The molecule has 5 heteroatoms. The monoisotopic (exact) mass is 542 g/mol. The van der Waals surface area contributed by atoms with Crippen LogP contribution in [-0.4, -0.2) is 17.0 Å². The van der Waals surface area contributed by atoms with Gasteiger partial charge in [-0.25, -0.2) is 0 Å². The molecule has 0 bridgehead atoms. The first-order chi connectivity index (χ1) is 15.0. The van der Waals surface area contributed by atoms with Crippen molar-refractivity contribution >= 4 is 36.7 Å². The minimum atomic E-state index is -4.31. The van der Waals surface area contributed by atoms with Gasteiger partial charge in [0.05, 0.1) is 0 Å². The van der Waals surface area contributed by atoms with Crippen LogP contribution in [-0.2, 0) is 11.9 Å². The average molecular weight is 541 g/mol. The third kappa shape index (κ3) is 4.85. The van der Waals surface area contributed by atoms with Crippen molar-refractivity contribution in [1.29, 1.82) is 0 Å². The van der Waals surface area contributed by atoms with E-state index in [0.717, 1.165) is 5.56 Å². The van der Waals surface area contributed by atoms with Crippen molar-refractivity contribution in [2.24, 2.45) is 0 Å². The molecule has 0 aliphatic rings. The molecule has 4 rings (SSSR count). The summed E-state index contributed by atoms with van der Waals surface area (Å²) >= 11 is -3.47. The van der Waals surface area contributed by atoms with Gasteiger partial charge in [-0.15, -0.1) is 0 Å². The molecule has 0 spiro atoms. The fraction of sp³-hybridized carbons (Fsp3) is 0.0769. The van der Waals surface area contributed by atoms with Crippen molar-refractivity contribution in [3.05, 3.63) is 126 Å². The van der Waals surface area contributed by atoms with E-state index in [2.05, 4.69) is 72.8 Å². The summed E-state index contributed by atoms with van der Waals surface area (Å²) in [5.74, 6) is 0.660. The molecule has 31 heavy (non-hydrogen) atoms. The minimum absolute atomic E-state index is 0.606. The molecule has 4 aromatic carbocycles. The zero-order chi connectivity index (χ0) is 21.7. The zero-order valence-corrected chi connectivity index (χ0v) is 20.4. The summed E-state index contributed by atoms with van der Waals surface area (Å²) in [4.78, 5) is 0. The van der Waals surface area contributed by atoms with Crippen LogP contribution in [0.4, 0.5) is 13.2 Å². The topological polar surface area (TPSA) is 0 Å². The van der Waals surface area contributed by atoms with E-state index in [0.29, 0.717) is 5.75 Å². The van der Waals surface area contributed by atoms with E-state index in [4.69, 9.17) is 0 Å². The third-order valence-corrected chi connectivity index (χ3v) is 25.7. The number of hydrogen-bond donors (Lipinski definition) is 0. The van der Waals surface area contributed by atoms with Gasteiger partial charge < -0.3 is 0 Å². The molecule has 0 heterocycles. The third-order valence-electron chi connectivity index (χ3n) is 5.28. The molecule has 0 saturated carbocycles. The number of halogens is 3. The summed E-state index contributed by atoms with van der Waals surface area (Å²) in [5.41, 5.74) is 0.298. The van der Waals surface area contributed by atoms with E-state index in [9.17, 15) is 13.2 Å². The Balaban J connectivity index is 1.79. The molecule has 0 radical (unpaired) electrons. The first kappa shape index (κ1) is 22.0. The summed E-state index contributed by atoms with van der Waals surface area (Å²) in [5, 5.41) is 0. The second-order valence-corrected chi connectivity index (χ2v) is 23.3. The van der Waals surface area contributed by atoms with Gasteiger partial charge in [-0.3, -0.25) is 0 Å². The van der Waals surface area contributed by atoms with E-state index in [1.165, 1.54) is 22.9 Å². The van der Waals surface area contributed by atoms with Gasteiger partial charge in [0.1, 0.15) is 0 Å². The fourth-order valence-corrected chi connectivity index (χ4v) is 23.6. The molecule has 0 fully saturated rings. The quantitative estimate of drug-likeness (QED) is 0.287. The Morgan fingerprint density at radius 1 is 0.548 bits per heavy atom. The molecule has 0 aliphatic carbocycles. The van der Waals surface area contributed by atoms with Crippen LogP contribution < -0.4 is 10.7 Å². The summed E-state index contributed by atoms with van der Waals surface area (Å²) in [6.45, 7) is 0. The first-order valence-corrected chi connectivity index (χ1v) is 18.7. The maximum absolute atomic E-state index is 13.0. The van der Waals surface area contributed by atoms with Gasteiger partial charge >= 0.3 is 188 Å². The van der Waals surface area contributed by atoms with Gasteiger partial charge in [-0.2, -0.15) is 0 Å². The second-order valence-electron chi connectivity index (χ2n) is 7.26. The SMILES string of the molecule is FC(F)(F)c1ccc(C[S][Sn]([c]2ccccc2)([c]2ccccc2)[c]2ccccc2)cc1. The summed E-state index contributed by atoms with van der Waals surface area (Å²) in [6.07, 6.45) is -4.31. The molecule has 4 aromatic rings. The maximum atomic E-state index is 13.0. The van der Waals surface area contributed by atoms with Gasteiger partial charge in [-0.05, 0) is 0 Å². The fourth-order valence-electron chi connectivity index (χ4n) is 3.75. The Bertz CT molecular complexity index is 1000. The Hall–Kier alpha value is -2.18. The summed E-state index contributed by atoms with van der Waals surface area (Å²) in [7, 11) is 1.92. The van der Waals surface area contributed by atoms with Crippen LogP contribution >= 0.6 is 8.95 Å². The Kier molecular flexibility index (Phi) is 6.77. The van der Waals surface area contributed by atoms with Crippen molar-refractivity contribution in [3.8, 4) is 0 Å². The number of rotatable bonds is 6. The second kappa shape index (κ2) is 9.53. The molecular formula is C26H21F3SSn. The predicted octanol–water partition coefficient (Wildman–Crippen LogP) is 5.61. The van der Waals surface area contributed by atoms with E-state index >= 15 is 0 Å². The standard InChI is InChI=1S/C8H7F3S.3C6H5.Sn/c9-8(10,11)7-3-1-6(5-12)2-4-7;3*1-2-4-6-5-3-1;/h1-4,12H,5H2;3*1-5H;/q;;;;+1/p-1. The van der Waals surface area contributed by atoms with E-state index < -0.39 is 28.7 Å². The molecule has 0 aromatic heterocycles. The van der Waals surface area contributed by atoms with E-state index in [1.807, 2.05) is 27.1 Å². The van der Waals surface area contributed by atoms with Crippen molar-refractivity contribution in [2.75, 3.05) is 0 Å². The summed E-state index contributed by atoms with van der Waals surface area (Å²) < 4.78 is 42.9. The number of alkyl halides is 3. The van der Waals surface area contributed by atoms with Crippen LogP contribution in [0.15, 0.2) is 115 Å². The van der Waals surface area contributed by atoms with Crippen molar-refractivity contribution in [1.82, 2.24) is 0 Å². The molecular weight excluding hydrogens is 520 g/mol. The van der Waals surface area contributed by atoms with Crippen LogP contribution in [0.5, 0.6) is 0 Å². The van der Waals surface area contributed by atoms with Crippen molar-refractivity contribution in [2.45, 2.75) is 11.9 Å². The van der Waals surface area contributed by atoms with E-state index in [-0.39, 0.29) is 0 Å². The molecule has 0 N–H and O–H groups in total. The molecule has 0 unspecified atom stereocenters.